The summed E-state index contributed by atoms with van der Waals surface area (Å²) in [4.78, 5) is 18.3. The minimum Gasteiger partial charge on any atom is -0.379 e. The maximum Gasteiger partial charge on any atom is 0.237 e. The quantitative estimate of drug-likeness (QED) is 0.759. The lowest BCUT2D eigenvalue weighted by Gasteiger charge is -2.19. The summed E-state index contributed by atoms with van der Waals surface area (Å²) in [6.07, 6.45) is 1.35. The zero-order chi connectivity index (χ0) is 19.6. The molecule has 2 aromatic carbocycles. The first-order chi connectivity index (χ1) is 12.8. The molecular weight excluding hydrogens is 350 g/mol. The molecule has 1 aliphatic heterocycles. The van der Waals surface area contributed by atoms with E-state index in [1.165, 1.54) is 24.4 Å². The number of likely N-dealkylation sites (N-methyl/N-ethyl adjacent to an activating group) is 1. The second-order valence-corrected chi connectivity index (χ2v) is 6.92. The second kappa shape index (κ2) is 7.84. The summed E-state index contributed by atoms with van der Waals surface area (Å²) in [6, 6.07) is 9.10. The van der Waals surface area contributed by atoms with Gasteiger partial charge in [0.25, 0.3) is 0 Å². The molecule has 0 radical (unpaired) electrons. The Kier molecular flexibility index (Phi) is 5.51. The first kappa shape index (κ1) is 19.0. The van der Waals surface area contributed by atoms with E-state index in [0.717, 1.165) is 6.54 Å². The maximum atomic E-state index is 14.3. The van der Waals surface area contributed by atoms with Crippen molar-refractivity contribution in [1.29, 1.82) is 0 Å². The van der Waals surface area contributed by atoms with Gasteiger partial charge in [0.15, 0.2) is 0 Å². The molecule has 2 unspecified atom stereocenters. The van der Waals surface area contributed by atoms with E-state index in [1.807, 2.05) is 25.9 Å². The normalized spacial score (nSPS) is 17.3. The van der Waals surface area contributed by atoms with Crippen LogP contribution in [0.15, 0.2) is 41.4 Å². The first-order valence-electron chi connectivity index (χ1n) is 8.69. The van der Waals surface area contributed by atoms with Crippen LogP contribution in [0.25, 0.3) is 0 Å². The molecule has 2 atom stereocenters. The van der Waals surface area contributed by atoms with E-state index in [2.05, 4.69) is 15.6 Å². The molecule has 0 saturated heterocycles. The van der Waals surface area contributed by atoms with Crippen LogP contribution in [0.2, 0.25) is 0 Å². The number of hydrogen-bond acceptors (Lipinski definition) is 4. The molecule has 27 heavy (non-hydrogen) atoms. The summed E-state index contributed by atoms with van der Waals surface area (Å²) in [6.45, 7) is 2.73. The van der Waals surface area contributed by atoms with Crippen LogP contribution in [0.4, 0.5) is 25.8 Å². The molecule has 0 fully saturated rings. The standard InChI is InChI=1S/C20H22F2N4O/c1-12(11-26(2)3)24-17-8-7-13(9-16(17)22)23-10-14-19-15(21)5-4-6-18(19)25-20(14)27/h4-10,12,14,24H,11H2,1-3H3,(H,25,27). The fourth-order valence-electron chi connectivity index (χ4n) is 3.17. The van der Waals surface area contributed by atoms with Crippen molar-refractivity contribution in [2.24, 2.45) is 4.99 Å². The number of carbonyl (C=O) groups is 1. The molecule has 1 heterocycles. The van der Waals surface area contributed by atoms with Gasteiger partial charge in [0.2, 0.25) is 5.91 Å². The Morgan fingerprint density at radius 1 is 1.26 bits per heavy atom. The van der Waals surface area contributed by atoms with Gasteiger partial charge in [-0.15, -0.1) is 0 Å². The van der Waals surface area contributed by atoms with Gasteiger partial charge in [-0.2, -0.15) is 0 Å². The molecule has 142 valence electrons. The highest BCUT2D eigenvalue weighted by atomic mass is 19.1. The zero-order valence-electron chi connectivity index (χ0n) is 15.5. The third kappa shape index (κ3) is 4.31. The SMILES string of the molecule is CC(CN(C)C)Nc1ccc(N=CC2C(=O)Nc3cccc(F)c32)cc1F. The number of fused-ring (bicyclic) bond motifs is 1. The van der Waals surface area contributed by atoms with Gasteiger partial charge in [0.1, 0.15) is 17.6 Å². The Labute approximate surface area is 157 Å². The zero-order valence-corrected chi connectivity index (χ0v) is 15.5. The lowest BCUT2D eigenvalue weighted by Crippen LogP contribution is -2.29. The monoisotopic (exact) mass is 372 g/mol. The van der Waals surface area contributed by atoms with Crippen LogP contribution in [-0.2, 0) is 4.79 Å². The van der Waals surface area contributed by atoms with E-state index in [1.54, 1.807) is 18.2 Å². The molecule has 0 saturated carbocycles. The molecule has 2 aromatic rings. The Hall–Kier alpha value is -2.80. The number of halogens is 2. The van der Waals surface area contributed by atoms with Gasteiger partial charge < -0.3 is 15.5 Å². The van der Waals surface area contributed by atoms with Gasteiger partial charge in [0.05, 0.1) is 11.4 Å². The van der Waals surface area contributed by atoms with Crippen molar-refractivity contribution in [2.45, 2.75) is 18.9 Å². The summed E-state index contributed by atoms with van der Waals surface area (Å²) < 4.78 is 28.4. The number of nitrogens with one attached hydrogen (secondary N) is 2. The minimum absolute atomic E-state index is 0.0745. The van der Waals surface area contributed by atoms with Gasteiger partial charge in [-0.1, -0.05) is 6.07 Å². The van der Waals surface area contributed by atoms with E-state index in [4.69, 9.17) is 0 Å². The van der Waals surface area contributed by atoms with E-state index in [-0.39, 0.29) is 17.5 Å². The van der Waals surface area contributed by atoms with E-state index in [0.29, 0.717) is 17.1 Å². The molecule has 1 aliphatic rings. The summed E-state index contributed by atoms with van der Waals surface area (Å²) >= 11 is 0. The van der Waals surface area contributed by atoms with E-state index < -0.39 is 17.6 Å². The summed E-state index contributed by atoms with van der Waals surface area (Å²) in [5, 5.41) is 5.74. The fraction of sp³-hybridized carbons (Fsp3) is 0.300. The van der Waals surface area contributed by atoms with Crippen LogP contribution in [0.3, 0.4) is 0 Å². The number of aliphatic imine (C=N–C) groups is 1. The number of nitrogens with zero attached hydrogens (tertiary/aromatic N) is 2. The van der Waals surface area contributed by atoms with E-state index in [9.17, 15) is 13.6 Å². The molecule has 0 bridgehead atoms. The predicted molar refractivity (Wildman–Crippen MR) is 104 cm³/mol. The van der Waals surface area contributed by atoms with Crippen molar-refractivity contribution in [1.82, 2.24) is 4.90 Å². The van der Waals surface area contributed by atoms with Crippen molar-refractivity contribution >= 4 is 29.2 Å². The fourth-order valence-corrected chi connectivity index (χ4v) is 3.17. The minimum atomic E-state index is -0.831. The molecule has 7 heteroatoms. The Balaban J connectivity index is 1.75. The highest BCUT2D eigenvalue weighted by Gasteiger charge is 2.31. The largest absolute Gasteiger partial charge is 0.379 e. The van der Waals surface area contributed by atoms with Crippen LogP contribution in [0, 0.1) is 11.6 Å². The average Bonchev–Trinajstić information content (AvgIpc) is 2.91. The Bertz CT molecular complexity index is 882. The van der Waals surface area contributed by atoms with Gasteiger partial charge >= 0.3 is 0 Å². The highest BCUT2D eigenvalue weighted by Crippen LogP contribution is 2.34. The highest BCUT2D eigenvalue weighted by molar-refractivity contribution is 6.12. The van der Waals surface area contributed by atoms with Crippen molar-refractivity contribution in [3.8, 4) is 0 Å². The molecule has 1 amide bonds. The lowest BCUT2D eigenvalue weighted by molar-refractivity contribution is -0.115. The molecular formula is C20H22F2N4O. The third-order valence-corrected chi connectivity index (χ3v) is 4.27. The molecule has 0 spiro atoms. The van der Waals surface area contributed by atoms with Crippen molar-refractivity contribution < 1.29 is 13.6 Å². The second-order valence-electron chi connectivity index (χ2n) is 6.92. The van der Waals surface area contributed by atoms with Gasteiger partial charge in [0, 0.05) is 36.1 Å². The van der Waals surface area contributed by atoms with Gasteiger partial charge in [-0.05, 0) is 45.3 Å². The smallest absolute Gasteiger partial charge is 0.237 e. The lowest BCUT2D eigenvalue weighted by atomic mass is 10.0. The number of amides is 1. The molecule has 0 aliphatic carbocycles. The molecule has 3 rings (SSSR count). The number of benzene rings is 2. The third-order valence-electron chi connectivity index (χ3n) is 4.27. The van der Waals surface area contributed by atoms with Crippen molar-refractivity contribution in [3.63, 3.8) is 0 Å². The summed E-state index contributed by atoms with van der Waals surface area (Å²) in [5.74, 6) is -2.09. The van der Waals surface area contributed by atoms with Crippen LogP contribution < -0.4 is 10.6 Å². The molecule has 5 nitrogen and oxygen atoms in total. The van der Waals surface area contributed by atoms with Crippen LogP contribution >= 0.6 is 0 Å². The van der Waals surface area contributed by atoms with Crippen LogP contribution in [-0.4, -0.2) is 43.7 Å². The maximum absolute atomic E-state index is 14.3. The van der Waals surface area contributed by atoms with Crippen molar-refractivity contribution in [3.05, 3.63) is 53.6 Å². The topological polar surface area (TPSA) is 56.7 Å². The molecule has 2 N–H and O–H groups in total. The number of anilines is 2. The van der Waals surface area contributed by atoms with Gasteiger partial charge in [-0.25, -0.2) is 8.78 Å². The number of hydrogen-bond donors (Lipinski definition) is 2. The van der Waals surface area contributed by atoms with Crippen LogP contribution in [0.5, 0.6) is 0 Å². The van der Waals surface area contributed by atoms with E-state index >= 15 is 0 Å². The van der Waals surface area contributed by atoms with Crippen LogP contribution in [0.1, 0.15) is 18.4 Å². The predicted octanol–water partition coefficient (Wildman–Crippen LogP) is 3.77. The summed E-state index contributed by atoms with van der Waals surface area (Å²) in [7, 11) is 3.90. The van der Waals surface area contributed by atoms with Crippen molar-refractivity contribution in [2.75, 3.05) is 31.3 Å². The Morgan fingerprint density at radius 3 is 2.74 bits per heavy atom. The Morgan fingerprint density at radius 2 is 2.04 bits per heavy atom. The summed E-state index contributed by atoms with van der Waals surface area (Å²) in [5.41, 5.74) is 1.45. The number of rotatable bonds is 6. The first-order valence-corrected chi connectivity index (χ1v) is 8.69. The van der Waals surface area contributed by atoms with Gasteiger partial charge in [-0.3, -0.25) is 9.79 Å². The average molecular weight is 372 g/mol. The number of carbonyl (C=O) groups excluding carboxylic acids is 1. The molecule has 0 aromatic heterocycles.